The number of nitrogens with one attached hydrogen (secondary N) is 1. The first-order valence-corrected chi connectivity index (χ1v) is 11.7. The monoisotopic (exact) mass is 482 g/mol. The quantitative estimate of drug-likeness (QED) is 0.408. The smallest absolute Gasteiger partial charge is 0.414 e. The Balaban J connectivity index is 1.63. The molecule has 35 heavy (non-hydrogen) atoms. The summed E-state index contributed by atoms with van der Waals surface area (Å²) < 4.78 is 15.4. The predicted molar refractivity (Wildman–Crippen MR) is 128 cm³/mol. The van der Waals surface area contributed by atoms with Crippen molar-refractivity contribution in [1.29, 1.82) is 0 Å². The number of fused-ring (bicyclic) bond motifs is 1. The molecule has 2 amide bonds. The van der Waals surface area contributed by atoms with Gasteiger partial charge in [-0.05, 0) is 56.0 Å². The van der Waals surface area contributed by atoms with Crippen LogP contribution in [0.4, 0.5) is 10.5 Å². The largest absolute Gasteiger partial charge is 0.466 e. The molecule has 1 aliphatic rings. The predicted octanol–water partition coefficient (Wildman–Crippen LogP) is 3.39. The minimum Gasteiger partial charge on any atom is -0.466 e. The van der Waals surface area contributed by atoms with Crippen molar-refractivity contribution in [2.45, 2.75) is 45.8 Å². The second-order valence-corrected chi connectivity index (χ2v) is 7.91. The highest BCUT2D eigenvalue weighted by atomic mass is 16.6. The van der Waals surface area contributed by atoms with Crippen molar-refractivity contribution in [2.75, 3.05) is 24.7 Å². The second kappa shape index (κ2) is 12.5. The molecule has 2 aromatic rings. The number of ether oxygens (including phenoxy) is 3. The van der Waals surface area contributed by atoms with Crippen molar-refractivity contribution >= 4 is 29.6 Å². The number of esters is 2. The van der Waals surface area contributed by atoms with Crippen molar-refractivity contribution in [1.82, 2.24) is 5.32 Å². The van der Waals surface area contributed by atoms with Crippen LogP contribution in [0.5, 0.6) is 0 Å². The maximum atomic E-state index is 12.9. The van der Waals surface area contributed by atoms with Crippen LogP contribution in [0.25, 0.3) is 0 Å². The summed E-state index contributed by atoms with van der Waals surface area (Å²) in [6.07, 6.45) is 0.157. The van der Waals surface area contributed by atoms with Gasteiger partial charge in [0, 0.05) is 18.5 Å². The molecule has 0 unspecified atom stereocenters. The van der Waals surface area contributed by atoms with Gasteiger partial charge in [-0.25, -0.2) is 9.59 Å². The number of benzene rings is 2. The van der Waals surface area contributed by atoms with Crippen molar-refractivity contribution in [3.05, 3.63) is 65.2 Å². The molecule has 0 bridgehead atoms. The Morgan fingerprint density at radius 3 is 2.43 bits per heavy atom. The van der Waals surface area contributed by atoms with E-state index in [2.05, 4.69) is 5.32 Å². The molecular weight excluding hydrogens is 452 g/mol. The lowest BCUT2D eigenvalue weighted by Crippen LogP contribution is -2.42. The van der Waals surface area contributed by atoms with Gasteiger partial charge in [-0.1, -0.05) is 30.3 Å². The van der Waals surface area contributed by atoms with E-state index in [-0.39, 0.29) is 32.7 Å². The molecule has 9 nitrogen and oxygen atoms in total. The number of amides is 2. The summed E-state index contributed by atoms with van der Waals surface area (Å²) >= 11 is 0. The Labute approximate surface area is 204 Å². The van der Waals surface area contributed by atoms with Crippen molar-refractivity contribution in [2.24, 2.45) is 0 Å². The molecule has 0 aliphatic carbocycles. The highest BCUT2D eigenvalue weighted by Crippen LogP contribution is 2.29. The molecule has 2 aromatic carbocycles. The third-order valence-corrected chi connectivity index (χ3v) is 5.48. The van der Waals surface area contributed by atoms with E-state index in [4.69, 9.17) is 14.2 Å². The molecule has 1 heterocycles. The van der Waals surface area contributed by atoms with Crippen LogP contribution in [0.1, 0.15) is 48.2 Å². The van der Waals surface area contributed by atoms with Gasteiger partial charge in [-0.3, -0.25) is 14.5 Å². The summed E-state index contributed by atoms with van der Waals surface area (Å²) in [5.41, 5.74) is 2.75. The average Bonchev–Trinajstić information content (AvgIpc) is 3.29. The summed E-state index contributed by atoms with van der Waals surface area (Å²) in [7, 11) is 0. The molecule has 0 aromatic heterocycles. The highest BCUT2D eigenvalue weighted by molar-refractivity contribution is 5.98. The number of carbonyl (C=O) groups is 4. The van der Waals surface area contributed by atoms with E-state index in [1.807, 2.05) is 30.3 Å². The summed E-state index contributed by atoms with van der Waals surface area (Å²) in [6, 6.07) is 13.4. The van der Waals surface area contributed by atoms with E-state index in [9.17, 15) is 19.2 Å². The molecule has 1 aliphatic heterocycles. The second-order valence-electron chi connectivity index (χ2n) is 7.91. The Hall–Kier alpha value is -3.88. The summed E-state index contributed by atoms with van der Waals surface area (Å²) in [5.74, 6) is -1.54. The van der Waals surface area contributed by atoms with Gasteiger partial charge in [-0.2, -0.15) is 0 Å². The lowest BCUT2D eigenvalue weighted by molar-refractivity contribution is -0.146. The van der Waals surface area contributed by atoms with Crippen molar-refractivity contribution in [3.8, 4) is 0 Å². The molecule has 0 spiro atoms. The topological polar surface area (TPSA) is 111 Å². The van der Waals surface area contributed by atoms with E-state index in [1.165, 1.54) is 0 Å². The van der Waals surface area contributed by atoms with Crippen molar-refractivity contribution < 1.29 is 33.4 Å². The van der Waals surface area contributed by atoms with Gasteiger partial charge in [0.1, 0.15) is 12.6 Å². The zero-order chi connectivity index (χ0) is 25.2. The Kier molecular flexibility index (Phi) is 9.23. The Morgan fingerprint density at radius 2 is 1.71 bits per heavy atom. The van der Waals surface area contributed by atoms with Crippen LogP contribution in [0.2, 0.25) is 0 Å². The molecule has 1 atom stereocenters. The molecule has 0 saturated heterocycles. The number of carbonyl (C=O) groups excluding carboxylic acids is 4. The van der Waals surface area contributed by atoms with E-state index in [0.717, 1.165) is 11.1 Å². The molecule has 1 N–H and O–H groups in total. The van der Waals surface area contributed by atoms with Crippen LogP contribution in [-0.4, -0.2) is 49.7 Å². The molecule has 0 saturated carbocycles. The van der Waals surface area contributed by atoms with Crippen LogP contribution >= 0.6 is 0 Å². The number of anilines is 1. The molecule has 9 heteroatoms. The third-order valence-electron chi connectivity index (χ3n) is 5.48. The van der Waals surface area contributed by atoms with Crippen LogP contribution in [-0.2, 0) is 36.8 Å². The first kappa shape index (κ1) is 25.7. The third kappa shape index (κ3) is 7.05. The fraction of sp³-hybridized carbons (Fsp3) is 0.385. The van der Waals surface area contributed by atoms with Crippen LogP contribution < -0.4 is 10.2 Å². The molecule has 0 radical (unpaired) electrons. The normalized spacial score (nSPS) is 12.9. The van der Waals surface area contributed by atoms with Gasteiger partial charge < -0.3 is 19.5 Å². The number of rotatable bonds is 10. The lowest BCUT2D eigenvalue weighted by Gasteiger charge is -2.18. The minimum absolute atomic E-state index is 0.0260. The minimum atomic E-state index is -0.982. The van der Waals surface area contributed by atoms with Crippen molar-refractivity contribution in [3.63, 3.8) is 0 Å². The first-order valence-electron chi connectivity index (χ1n) is 11.7. The van der Waals surface area contributed by atoms with Crippen LogP contribution in [0.3, 0.4) is 0 Å². The van der Waals surface area contributed by atoms with Gasteiger partial charge in [-0.15, -0.1) is 0 Å². The number of hydrogen-bond donors (Lipinski definition) is 1. The highest BCUT2D eigenvalue weighted by Gasteiger charge is 2.28. The summed E-state index contributed by atoms with van der Waals surface area (Å²) in [4.78, 5) is 51.0. The van der Waals surface area contributed by atoms with Crippen LogP contribution in [0.15, 0.2) is 48.5 Å². The molecule has 0 fully saturated rings. The molecule has 3 rings (SSSR count). The maximum absolute atomic E-state index is 12.9. The summed E-state index contributed by atoms with van der Waals surface area (Å²) in [5, 5.41) is 2.65. The number of nitrogens with zero attached hydrogens (tertiary/aromatic N) is 1. The standard InChI is InChI=1S/C26H30N2O7/c1-3-33-23(29)13-11-21(25(31)34-4-2)27-24(30)20-10-12-22-19(16-20)14-15-28(22)26(32)35-17-18-8-6-5-7-9-18/h5-10,12,16,21H,3-4,11,13-15,17H2,1-2H3,(H,27,30)/t21-/m0/s1. The van der Waals surface area contributed by atoms with Gasteiger partial charge in [0.2, 0.25) is 0 Å². The van der Waals surface area contributed by atoms with Gasteiger partial charge in [0.25, 0.3) is 5.91 Å². The van der Waals surface area contributed by atoms with Gasteiger partial charge in [0.05, 0.1) is 18.9 Å². The van der Waals surface area contributed by atoms with Crippen LogP contribution in [0, 0.1) is 0 Å². The fourth-order valence-corrected chi connectivity index (χ4v) is 3.76. The van der Waals surface area contributed by atoms with E-state index in [1.54, 1.807) is 36.9 Å². The zero-order valence-corrected chi connectivity index (χ0v) is 20.0. The lowest BCUT2D eigenvalue weighted by atomic mass is 10.1. The fourth-order valence-electron chi connectivity index (χ4n) is 3.76. The van der Waals surface area contributed by atoms with E-state index >= 15 is 0 Å². The molecule has 186 valence electrons. The number of hydrogen-bond acceptors (Lipinski definition) is 7. The summed E-state index contributed by atoms with van der Waals surface area (Å²) in [6.45, 7) is 4.37. The first-order chi connectivity index (χ1) is 16.9. The van der Waals surface area contributed by atoms with Gasteiger partial charge in [0.15, 0.2) is 0 Å². The average molecular weight is 483 g/mol. The SMILES string of the molecule is CCOC(=O)CC[C@H](NC(=O)c1ccc2c(c1)CCN2C(=O)OCc1ccccc1)C(=O)OCC. The van der Waals surface area contributed by atoms with Gasteiger partial charge >= 0.3 is 18.0 Å². The Bertz CT molecular complexity index is 1050. The van der Waals surface area contributed by atoms with E-state index in [0.29, 0.717) is 24.2 Å². The van der Waals surface area contributed by atoms with E-state index < -0.39 is 30.0 Å². The maximum Gasteiger partial charge on any atom is 0.414 e. The zero-order valence-electron chi connectivity index (χ0n) is 20.0. The Morgan fingerprint density at radius 1 is 0.971 bits per heavy atom. The molecular formula is C26H30N2O7.